The number of urea groups is 1. The highest BCUT2D eigenvalue weighted by atomic mass is 19.3. The third-order valence-corrected chi connectivity index (χ3v) is 5.78. The van der Waals surface area contributed by atoms with Crippen LogP contribution in [0, 0.1) is 11.3 Å². The van der Waals surface area contributed by atoms with Gasteiger partial charge in [0.25, 0.3) is 6.43 Å². The number of carbonyl (C=O) groups excluding carboxylic acids is 1. The van der Waals surface area contributed by atoms with Crippen LogP contribution >= 0.6 is 0 Å². The molecule has 2 aliphatic carbocycles. The molecule has 0 radical (unpaired) electrons. The number of fused-ring (bicyclic) bond motifs is 2. The number of alkyl halides is 2. The lowest BCUT2D eigenvalue weighted by molar-refractivity contribution is -0.125. The van der Waals surface area contributed by atoms with Gasteiger partial charge in [0.15, 0.2) is 5.82 Å². The van der Waals surface area contributed by atoms with Gasteiger partial charge in [-0.3, -0.25) is 10.00 Å². The van der Waals surface area contributed by atoms with Gasteiger partial charge in [0.2, 0.25) is 0 Å². The highest BCUT2D eigenvalue weighted by Gasteiger charge is 2.65. The monoisotopic (exact) mass is 340 g/mol. The van der Waals surface area contributed by atoms with Gasteiger partial charge in [-0.2, -0.15) is 5.10 Å². The second kappa shape index (κ2) is 5.98. The Balaban J connectivity index is 1.38. The predicted molar refractivity (Wildman–Crippen MR) is 82.9 cm³/mol. The van der Waals surface area contributed by atoms with Crippen LogP contribution in [-0.4, -0.2) is 41.0 Å². The Morgan fingerprint density at radius 2 is 2.25 bits per heavy atom. The molecule has 0 aromatic carbocycles. The molecule has 1 aromatic heterocycles. The van der Waals surface area contributed by atoms with Crippen LogP contribution in [0.1, 0.15) is 32.1 Å². The number of aromatic nitrogens is 2. The number of amides is 2. The maximum atomic E-state index is 12.3. The fourth-order valence-corrected chi connectivity index (χ4v) is 4.87. The molecular weight excluding hydrogens is 318 g/mol. The highest BCUT2D eigenvalue weighted by Crippen LogP contribution is 2.60. The van der Waals surface area contributed by atoms with Crippen molar-refractivity contribution in [3.63, 3.8) is 0 Å². The average Bonchev–Trinajstić information content (AvgIpc) is 3.24. The number of nitrogens with zero attached hydrogens (tertiary/aromatic N) is 2. The molecule has 3 aliphatic rings. The first kappa shape index (κ1) is 15.8. The molecule has 6 nitrogen and oxygen atoms in total. The van der Waals surface area contributed by atoms with E-state index in [9.17, 15) is 13.6 Å². The predicted octanol–water partition coefficient (Wildman–Crippen LogP) is 2.62. The summed E-state index contributed by atoms with van der Waals surface area (Å²) in [4.78, 5) is 12.3. The van der Waals surface area contributed by atoms with E-state index in [1.165, 1.54) is 25.1 Å². The number of nitrogens with one attached hydrogen (secondary N) is 2. The minimum absolute atomic E-state index is 0.0908. The number of ether oxygens (including phenoxy) is 1. The first-order valence-corrected chi connectivity index (χ1v) is 8.59. The number of hydrogen-bond donors (Lipinski definition) is 2. The minimum atomic E-state index is -2.47. The van der Waals surface area contributed by atoms with Crippen LogP contribution in [0.5, 0.6) is 0 Å². The molecule has 2 N–H and O–H groups in total. The van der Waals surface area contributed by atoms with Crippen molar-refractivity contribution in [3.05, 3.63) is 12.3 Å². The van der Waals surface area contributed by atoms with Gasteiger partial charge in [0.05, 0.1) is 6.10 Å². The van der Waals surface area contributed by atoms with Crippen molar-refractivity contribution in [2.45, 2.75) is 57.2 Å². The maximum Gasteiger partial charge on any atom is 0.320 e. The normalized spacial score (nSPS) is 30.4. The van der Waals surface area contributed by atoms with Gasteiger partial charge in [0, 0.05) is 36.2 Å². The fourth-order valence-electron chi connectivity index (χ4n) is 4.87. The Kier molecular flexibility index (Phi) is 3.94. The van der Waals surface area contributed by atoms with Crippen molar-refractivity contribution < 1.29 is 18.3 Å². The fraction of sp³-hybridized carbons (Fsp3) is 0.750. The van der Waals surface area contributed by atoms with Gasteiger partial charge < -0.3 is 10.1 Å². The Hall–Kier alpha value is -1.70. The van der Waals surface area contributed by atoms with E-state index in [0.717, 1.165) is 30.6 Å². The summed E-state index contributed by atoms with van der Waals surface area (Å²) in [6.07, 6.45) is 4.81. The van der Waals surface area contributed by atoms with E-state index in [1.807, 2.05) is 0 Å². The molecule has 2 amide bonds. The van der Waals surface area contributed by atoms with Gasteiger partial charge in [-0.15, -0.1) is 0 Å². The second-order valence-electron chi connectivity index (χ2n) is 7.07. The Morgan fingerprint density at radius 3 is 3.00 bits per heavy atom. The zero-order chi connectivity index (χ0) is 16.7. The van der Waals surface area contributed by atoms with Crippen LogP contribution in [0.25, 0.3) is 0 Å². The lowest BCUT2D eigenvalue weighted by Gasteiger charge is -2.56. The third kappa shape index (κ3) is 2.56. The van der Waals surface area contributed by atoms with Crippen molar-refractivity contribution in [3.8, 4) is 0 Å². The molecule has 0 bridgehead atoms. The molecule has 1 spiro atoms. The van der Waals surface area contributed by atoms with Crippen LogP contribution in [0.2, 0.25) is 0 Å². The minimum Gasteiger partial charge on any atom is -0.377 e. The molecule has 132 valence electrons. The zero-order valence-corrected chi connectivity index (χ0v) is 13.4. The molecule has 3 unspecified atom stereocenters. The first-order chi connectivity index (χ1) is 11.6. The molecule has 8 heteroatoms. The van der Waals surface area contributed by atoms with E-state index in [0.29, 0.717) is 5.92 Å². The first-order valence-electron chi connectivity index (χ1n) is 8.59. The molecule has 2 heterocycles. The summed E-state index contributed by atoms with van der Waals surface area (Å²) in [6.45, 7) is 0.297. The van der Waals surface area contributed by atoms with E-state index in [4.69, 9.17) is 4.74 Å². The van der Waals surface area contributed by atoms with Crippen LogP contribution in [0.4, 0.5) is 19.4 Å². The average molecular weight is 340 g/mol. The van der Waals surface area contributed by atoms with Crippen LogP contribution in [0.3, 0.4) is 0 Å². The summed E-state index contributed by atoms with van der Waals surface area (Å²) in [5, 5.41) is 9.68. The highest BCUT2D eigenvalue weighted by molar-refractivity contribution is 5.88. The van der Waals surface area contributed by atoms with E-state index >= 15 is 0 Å². The lowest BCUT2D eigenvalue weighted by Crippen LogP contribution is -2.68. The second-order valence-corrected chi connectivity index (χ2v) is 7.07. The number of halogens is 2. The molecular formula is C16H22F2N4O2. The van der Waals surface area contributed by atoms with E-state index in [2.05, 4.69) is 15.7 Å². The lowest BCUT2D eigenvalue weighted by atomic mass is 9.54. The summed E-state index contributed by atoms with van der Waals surface area (Å²) in [6, 6.07) is 1.34. The quantitative estimate of drug-likeness (QED) is 0.885. The summed E-state index contributed by atoms with van der Waals surface area (Å²) in [5.41, 5.74) is 0.0908. The van der Waals surface area contributed by atoms with Crippen LogP contribution in [-0.2, 0) is 11.3 Å². The third-order valence-electron chi connectivity index (χ3n) is 5.78. The molecule has 3 fully saturated rings. The van der Waals surface area contributed by atoms with Crippen molar-refractivity contribution in [1.82, 2.24) is 15.1 Å². The Morgan fingerprint density at radius 1 is 1.46 bits per heavy atom. The Bertz CT molecular complexity index is 615. The number of rotatable bonds is 4. The smallest absolute Gasteiger partial charge is 0.320 e. The largest absolute Gasteiger partial charge is 0.377 e. The van der Waals surface area contributed by atoms with E-state index in [1.54, 1.807) is 0 Å². The molecule has 24 heavy (non-hydrogen) atoms. The zero-order valence-electron chi connectivity index (χ0n) is 13.4. The Labute approximate surface area is 138 Å². The van der Waals surface area contributed by atoms with E-state index < -0.39 is 13.0 Å². The summed E-state index contributed by atoms with van der Waals surface area (Å²) < 4.78 is 31.7. The molecule has 1 saturated heterocycles. The van der Waals surface area contributed by atoms with Gasteiger partial charge in [-0.25, -0.2) is 13.6 Å². The number of anilines is 1. The van der Waals surface area contributed by atoms with Gasteiger partial charge in [0.1, 0.15) is 6.54 Å². The van der Waals surface area contributed by atoms with Crippen LogP contribution in [0.15, 0.2) is 12.3 Å². The molecule has 2 saturated carbocycles. The summed E-state index contributed by atoms with van der Waals surface area (Å²) in [5.74, 6) is 0.678. The number of hydrogen-bond acceptors (Lipinski definition) is 3. The van der Waals surface area contributed by atoms with Gasteiger partial charge in [-0.05, 0) is 19.3 Å². The summed E-state index contributed by atoms with van der Waals surface area (Å²) in [7, 11) is 0. The van der Waals surface area contributed by atoms with Crippen molar-refractivity contribution in [2.75, 3.05) is 11.9 Å². The van der Waals surface area contributed by atoms with Gasteiger partial charge in [-0.1, -0.05) is 12.8 Å². The summed E-state index contributed by atoms with van der Waals surface area (Å²) >= 11 is 0. The van der Waals surface area contributed by atoms with E-state index in [-0.39, 0.29) is 29.4 Å². The molecule has 1 aliphatic heterocycles. The molecule has 4 rings (SSSR count). The molecule has 3 atom stereocenters. The van der Waals surface area contributed by atoms with Crippen LogP contribution < -0.4 is 10.6 Å². The van der Waals surface area contributed by atoms with Crippen molar-refractivity contribution in [1.29, 1.82) is 0 Å². The molecule has 1 aromatic rings. The maximum absolute atomic E-state index is 12.3. The number of carbonyl (C=O) groups is 1. The van der Waals surface area contributed by atoms with Crippen molar-refractivity contribution in [2.24, 2.45) is 11.3 Å². The topological polar surface area (TPSA) is 68.2 Å². The standard InChI is InChI=1S/C16H22F2N4O2/c17-11(18)9-22-7-3-12(21-22)19-15(23)20-13-10-4-8-24-14(10)16(13)5-1-2-6-16/h3,7,10-11,13-14H,1-2,4-6,8-9H2,(H2,19,20,21,23). The van der Waals surface area contributed by atoms with Gasteiger partial charge >= 0.3 is 6.03 Å². The van der Waals surface area contributed by atoms with Crippen molar-refractivity contribution >= 4 is 11.8 Å². The SMILES string of the molecule is O=C(Nc1ccn(CC(F)F)n1)NC1C2CCOC2C12CCCC2.